The third kappa shape index (κ3) is 2.81. The van der Waals surface area contributed by atoms with Gasteiger partial charge in [-0.25, -0.2) is 0 Å². The maximum atomic E-state index is 3.65. The van der Waals surface area contributed by atoms with Gasteiger partial charge in [0, 0.05) is 31.0 Å². The first-order valence-corrected chi connectivity index (χ1v) is 8.66. The highest BCUT2D eigenvalue weighted by Crippen LogP contribution is 2.43. The van der Waals surface area contributed by atoms with Crippen LogP contribution in [0.1, 0.15) is 32.1 Å². The molecule has 3 unspecified atom stereocenters. The molecule has 4 rings (SSSR count). The lowest BCUT2D eigenvalue weighted by Gasteiger charge is -2.29. The fourth-order valence-electron chi connectivity index (χ4n) is 4.32. The van der Waals surface area contributed by atoms with Gasteiger partial charge in [-0.3, -0.25) is 0 Å². The molecule has 0 radical (unpaired) electrons. The largest absolute Gasteiger partial charge is 0.385 e. The predicted octanol–water partition coefficient (Wildman–Crippen LogP) is 4.30. The lowest BCUT2D eigenvalue weighted by molar-refractivity contribution is 0.472. The van der Waals surface area contributed by atoms with Crippen LogP contribution in [-0.2, 0) is 0 Å². The molecule has 0 spiro atoms. The summed E-state index contributed by atoms with van der Waals surface area (Å²) in [5.74, 6) is 2.57. The zero-order valence-corrected chi connectivity index (χ0v) is 12.8. The van der Waals surface area contributed by atoms with Crippen LogP contribution in [0.25, 0.3) is 0 Å². The Labute approximate surface area is 128 Å². The van der Waals surface area contributed by atoms with E-state index in [2.05, 4.69) is 46.6 Å². The number of hydrogen-bond donors (Lipinski definition) is 1. The lowest BCUT2D eigenvalue weighted by Crippen LogP contribution is -2.29. The molecule has 1 saturated carbocycles. The van der Waals surface area contributed by atoms with Crippen molar-refractivity contribution in [2.45, 2.75) is 32.1 Å². The second-order valence-electron chi connectivity index (χ2n) is 7.02. The van der Waals surface area contributed by atoms with Crippen LogP contribution in [0.3, 0.4) is 0 Å². The highest BCUT2D eigenvalue weighted by atomic mass is 15.1. The lowest BCUT2D eigenvalue weighted by atomic mass is 9.93. The van der Waals surface area contributed by atoms with Crippen molar-refractivity contribution in [3.05, 3.63) is 36.4 Å². The van der Waals surface area contributed by atoms with Crippen molar-refractivity contribution in [3.8, 4) is 0 Å². The van der Waals surface area contributed by atoms with E-state index in [9.17, 15) is 0 Å². The minimum Gasteiger partial charge on any atom is -0.385 e. The molecular formula is C19H26N2. The van der Waals surface area contributed by atoms with Gasteiger partial charge in [-0.15, -0.1) is 0 Å². The molecule has 1 aromatic carbocycles. The Kier molecular flexibility index (Phi) is 3.62. The van der Waals surface area contributed by atoms with Crippen LogP contribution in [0.15, 0.2) is 36.4 Å². The van der Waals surface area contributed by atoms with Gasteiger partial charge in [0.1, 0.15) is 0 Å². The van der Waals surface area contributed by atoms with Gasteiger partial charge in [0.25, 0.3) is 0 Å². The van der Waals surface area contributed by atoms with Gasteiger partial charge in [-0.2, -0.15) is 0 Å². The van der Waals surface area contributed by atoms with Gasteiger partial charge in [-0.1, -0.05) is 12.2 Å². The number of hydrogen-bond acceptors (Lipinski definition) is 2. The van der Waals surface area contributed by atoms with E-state index in [-0.39, 0.29) is 0 Å². The molecule has 1 saturated heterocycles. The second kappa shape index (κ2) is 5.75. The third-order valence-electron chi connectivity index (χ3n) is 5.57. The zero-order chi connectivity index (χ0) is 14.1. The van der Waals surface area contributed by atoms with E-state index in [0.29, 0.717) is 0 Å². The SMILES string of the molecule is C1=CC2CC1CC2CNc1ccc(N2CCCCC2)cc1. The fourth-order valence-corrected chi connectivity index (χ4v) is 4.32. The van der Waals surface area contributed by atoms with Gasteiger partial charge < -0.3 is 10.2 Å². The van der Waals surface area contributed by atoms with E-state index < -0.39 is 0 Å². The zero-order valence-electron chi connectivity index (χ0n) is 12.8. The number of fused-ring (bicyclic) bond motifs is 2. The molecule has 21 heavy (non-hydrogen) atoms. The summed E-state index contributed by atoms with van der Waals surface area (Å²) < 4.78 is 0. The molecule has 2 nitrogen and oxygen atoms in total. The molecule has 2 aliphatic carbocycles. The van der Waals surface area contributed by atoms with E-state index >= 15 is 0 Å². The summed E-state index contributed by atoms with van der Waals surface area (Å²) in [6.45, 7) is 3.59. The summed E-state index contributed by atoms with van der Waals surface area (Å²) in [6, 6.07) is 9.09. The molecule has 1 heterocycles. The Balaban J connectivity index is 1.32. The van der Waals surface area contributed by atoms with Crippen molar-refractivity contribution in [2.24, 2.45) is 17.8 Å². The van der Waals surface area contributed by atoms with Crippen molar-refractivity contribution in [1.29, 1.82) is 0 Å². The summed E-state index contributed by atoms with van der Waals surface area (Å²) >= 11 is 0. The molecule has 1 N–H and O–H groups in total. The third-order valence-corrected chi connectivity index (χ3v) is 5.57. The van der Waals surface area contributed by atoms with Crippen molar-refractivity contribution >= 4 is 11.4 Å². The Bertz CT molecular complexity index is 499. The van der Waals surface area contributed by atoms with Crippen LogP contribution in [-0.4, -0.2) is 19.6 Å². The van der Waals surface area contributed by atoms with Crippen LogP contribution in [0.2, 0.25) is 0 Å². The number of benzene rings is 1. The van der Waals surface area contributed by atoms with Gasteiger partial charge in [0.2, 0.25) is 0 Å². The number of rotatable bonds is 4. The van der Waals surface area contributed by atoms with Crippen LogP contribution >= 0.6 is 0 Å². The average molecular weight is 282 g/mol. The topological polar surface area (TPSA) is 15.3 Å². The number of nitrogens with zero attached hydrogens (tertiary/aromatic N) is 1. The van der Waals surface area contributed by atoms with E-state index in [1.54, 1.807) is 0 Å². The number of anilines is 2. The summed E-state index contributed by atoms with van der Waals surface area (Å²) in [5, 5.41) is 3.65. The smallest absolute Gasteiger partial charge is 0.0367 e. The molecule has 0 aromatic heterocycles. The first-order valence-electron chi connectivity index (χ1n) is 8.66. The standard InChI is InChI=1S/C19H26N2/c1-2-10-21(11-3-1)19-8-6-18(7-9-19)20-14-17-13-15-4-5-16(17)12-15/h4-9,15-17,20H,1-3,10-14H2. The van der Waals surface area contributed by atoms with Crippen molar-refractivity contribution < 1.29 is 0 Å². The molecule has 1 aromatic rings. The van der Waals surface area contributed by atoms with Crippen molar-refractivity contribution in [1.82, 2.24) is 0 Å². The van der Waals surface area contributed by atoms with Crippen molar-refractivity contribution in [2.75, 3.05) is 29.9 Å². The Hall–Kier alpha value is -1.44. The van der Waals surface area contributed by atoms with Gasteiger partial charge >= 0.3 is 0 Å². The van der Waals surface area contributed by atoms with E-state index in [1.165, 1.54) is 56.6 Å². The summed E-state index contributed by atoms with van der Waals surface area (Å²) in [7, 11) is 0. The Morgan fingerprint density at radius 1 is 0.952 bits per heavy atom. The summed E-state index contributed by atoms with van der Waals surface area (Å²) in [6.07, 6.45) is 11.7. The molecule has 2 fully saturated rings. The molecule has 2 bridgehead atoms. The number of allylic oxidation sites excluding steroid dienone is 2. The Morgan fingerprint density at radius 3 is 2.43 bits per heavy atom. The van der Waals surface area contributed by atoms with E-state index in [1.807, 2.05) is 0 Å². The predicted molar refractivity (Wildman–Crippen MR) is 89.8 cm³/mol. The Morgan fingerprint density at radius 2 is 1.76 bits per heavy atom. The average Bonchev–Trinajstić information content (AvgIpc) is 3.17. The molecule has 112 valence electrons. The second-order valence-corrected chi connectivity index (χ2v) is 7.02. The fraction of sp³-hybridized carbons (Fsp3) is 0.579. The normalized spacial score (nSPS) is 30.9. The van der Waals surface area contributed by atoms with Crippen LogP contribution in [0.4, 0.5) is 11.4 Å². The van der Waals surface area contributed by atoms with Crippen LogP contribution in [0, 0.1) is 17.8 Å². The highest BCUT2D eigenvalue weighted by molar-refractivity contribution is 5.55. The minimum atomic E-state index is 0.843. The minimum absolute atomic E-state index is 0.843. The first-order chi connectivity index (χ1) is 10.4. The highest BCUT2D eigenvalue weighted by Gasteiger charge is 2.35. The molecule has 1 aliphatic heterocycles. The number of nitrogens with one attached hydrogen (secondary N) is 1. The van der Waals surface area contributed by atoms with Gasteiger partial charge in [0.05, 0.1) is 0 Å². The van der Waals surface area contributed by atoms with Gasteiger partial charge in [0.15, 0.2) is 0 Å². The summed E-state index contributed by atoms with van der Waals surface area (Å²) in [5.41, 5.74) is 2.67. The van der Waals surface area contributed by atoms with Crippen LogP contribution in [0.5, 0.6) is 0 Å². The molecule has 2 heteroatoms. The maximum absolute atomic E-state index is 3.65. The first kappa shape index (κ1) is 13.2. The number of piperidine rings is 1. The monoisotopic (exact) mass is 282 g/mol. The van der Waals surface area contributed by atoms with E-state index in [0.717, 1.165) is 24.3 Å². The molecule has 3 aliphatic rings. The van der Waals surface area contributed by atoms with Crippen molar-refractivity contribution in [3.63, 3.8) is 0 Å². The molecule has 0 amide bonds. The maximum Gasteiger partial charge on any atom is 0.0367 e. The van der Waals surface area contributed by atoms with E-state index in [4.69, 9.17) is 0 Å². The summed E-state index contributed by atoms with van der Waals surface area (Å²) in [4.78, 5) is 2.52. The quantitative estimate of drug-likeness (QED) is 0.828. The molecular weight excluding hydrogens is 256 g/mol. The molecule has 3 atom stereocenters. The van der Waals surface area contributed by atoms with Gasteiger partial charge in [-0.05, 0) is 74.1 Å². The van der Waals surface area contributed by atoms with Crippen LogP contribution < -0.4 is 10.2 Å².